The summed E-state index contributed by atoms with van der Waals surface area (Å²) in [6.07, 6.45) is 8.75. The van der Waals surface area contributed by atoms with Crippen LogP contribution in [-0.4, -0.2) is 33.6 Å². The molecule has 7 rings (SSSR count). The van der Waals surface area contributed by atoms with Gasteiger partial charge in [-0.2, -0.15) is 12.6 Å². The van der Waals surface area contributed by atoms with Gasteiger partial charge in [0.05, 0.1) is 28.0 Å². The number of aliphatic imine (C=N–C) groups is 1. The van der Waals surface area contributed by atoms with Gasteiger partial charge in [-0.15, -0.1) is 11.3 Å². The van der Waals surface area contributed by atoms with Gasteiger partial charge in [-0.3, -0.25) is 9.98 Å². The summed E-state index contributed by atoms with van der Waals surface area (Å²) in [5.74, 6) is 0. The summed E-state index contributed by atoms with van der Waals surface area (Å²) in [5.41, 5.74) is 8.29. The number of para-hydroxylation sites is 1. The van der Waals surface area contributed by atoms with E-state index in [0.717, 1.165) is 61.4 Å². The van der Waals surface area contributed by atoms with E-state index < -0.39 is 0 Å². The van der Waals surface area contributed by atoms with Crippen molar-refractivity contribution in [3.05, 3.63) is 115 Å². The Hall–Kier alpha value is -4.26. The monoisotopic (exact) mass is 570 g/mol. The van der Waals surface area contributed by atoms with Gasteiger partial charge in [-0.1, -0.05) is 55.5 Å². The fraction of sp³-hybridized carbons (Fsp3) is 0.114. The molecule has 7 aromatic rings. The van der Waals surface area contributed by atoms with Crippen LogP contribution < -0.4 is 0 Å². The van der Waals surface area contributed by atoms with Gasteiger partial charge in [0.2, 0.25) is 0 Å². The summed E-state index contributed by atoms with van der Waals surface area (Å²) in [4.78, 5) is 15.6. The molecule has 0 amide bonds. The number of thiophene rings is 1. The predicted molar refractivity (Wildman–Crippen MR) is 181 cm³/mol. The van der Waals surface area contributed by atoms with Crippen LogP contribution in [0.5, 0.6) is 0 Å². The lowest BCUT2D eigenvalue weighted by Gasteiger charge is -2.13. The normalized spacial score (nSPS) is 12.0. The summed E-state index contributed by atoms with van der Waals surface area (Å²) >= 11 is 5.28. The highest BCUT2D eigenvalue weighted by molar-refractivity contribution is 7.79. The fourth-order valence-electron chi connectivity index (χ4n) is 5.38. The molecule has 4 nitrogen and oxygen atoms in total. The van der Waals surface area contributed by atoms with Crippen molar-refractivity contribution in [1.29, 1.82) is 0 Å². The smallest absolute Gasteiger partial charge is 0.125 e. The molecule has 0 unspecified atom stereocenters. The zero-order valence-corrected chi connectivity index (χ0v) is 25.0. The minimum Gasteiger partial charge on any atom is -0.308 e. The molecular weight excluding hydrogens is 541 g/mol. The van der Waals surface area contributed by atoms with Gasteiger partial charge in [-0.05, 0) is 67.3 Å². The Kier molecular flexibility index (Phi) is 7.68. The Morgan fingerprint density at radius 3 is 2.44 bits per heavy atom. The van der Waals surface area contributed by atoms with Crippen molar-refractivity contribution in [2.45, 2.75) is 13.3 Å². The van der Waals surface area contributed by atoms with Crippen LogP contribution in [0.15, 0.2) is 114 Å². The molecule has 0 atom stereocenters. The first kappa shape index (κ1) is 26.9. The third kappa shape index (κ3) is 4.83. The van der Waals surface area contributed by atoms with Crippen molar-refractivity contribution in [2.75, 3.05) is 13.3 Å². The number of allylic oxidation sites excluding steroid dienone is 2. The van der Waals surface area contributed by atoms with Crippen LogP contribution in [0.2, 0.25) is 0 Å². The van der Waals surface area contributed by atoms with Crippen molar-refractivity contribution in [2.24, 2.45) is 4.99 Å². The molecule has 0 N–H and O–H groups in total. The van der Waals surface area contributed by atoms with Crippen molar-refractivity contribution < 1.29 is 0 Å². The Morgan fingerprint density at radius 2 is 1.66 bits per heavy atom. The first-order valence-electron chi connectivity index (χ1n) is 13.6. The fourth-order valence-corrected chi connectivity index (χ4v) is 6.44. The molecule has 0 aliphatic carbocycles. The van der Waals surface area contributed by atoms with Gasteiger partial charge < -0.3 is 4.57 Å². The lowest BCUT2D eigenvalue weighted by molar-refractivity contribution is 1.17. The zero-order valence-electron chi connectivity index (χ0n) is 23.2. The number of benzene rings is 3. The summed E-state index contributed by atoms with van der Waals surface area (Å²) in [5, 5.41) is 3.58. The molecule has 0 fully saturated rings. The summed E-state index contributed by atoms with van der Waals surface area (Å²) in [7, 11) is 1.85. The Morgan fingerprint density at radius 1 is 0.878 bits per heavy atom. The molecule has 0 saturated carbocycles. The Bertz CT molecular complexity index is 2070. The van der Waals surface area contributed by atoms with E-state index in [1.807, 2.05) is 25.4 Å². The van der Waals surface area contributed by atoms with Gasteiger partial charge in [0, 0.05) is 50.9 Å². The van der Waals surface area contributed by atoms with Gasteiger partial charge in [0.25, 0.3) is 0 Å². The van der Waals surface area contributed by atoms with Crippen LogP contribution in [0.25, 0.3) is 59.2 Å². The number of hydrogen-bond donors (Lipinski definition) is 1. The molecule has 0 saturated heterocycles. The lowest BCUT2D eigenvalue weighted by Crippen LogP contribution is -2.02. The van der Waals surface area contributed by atoms with Crippen molar-refractivity contribution >= 4 is 71.9 Å². The molecule has 0 radical (unpaired) electrons. The molecule has 4 heterocycles. The largest absolute Gasteiger partial charge is 0.308 e. The van der Waals surface area contributed by atoms with E-state index in [0.29, 0.717) is 0 Å². The molecule has 202 valence electrons. The SMILES string of the molecule is CC/C=C\C(=NC)c1cc(-c2ccccn2)cc(-n2c3ccccc3c3nc4sc5ccccc5c4cc32)c1.CS. The average molecular weight is 571 g/mol. The number of hydrogen-bond acceptors (Lipinski definition) is 5. The summed E-state index contributed by atoms with van der Waals surface area (Å²) in [6, 6.07) is 32.1. The Balaban J connectivity index is 0.00000148. The molecule has 0 aliphatic rings. The van der Waals surface area contributed by atoms with Crippen LogP contribution in [-0.2, 0) is 0 Å². The first-order valence-corrected chi connectivity index (χ1v) is 15.3. The lowest BCUT2D eigenvalue weighted by atomic mass is 10.0. The van der Waals surface area contributed by atoms with Gasteiger partial charge in [0.1, 0.15) is 4.83 Å². The summed E-state index contributed by atoms with van der Waals surface area (Å²) < 4.78 is 3.60. The molecule has 0 spiro atoms. The molecule has 41 heavy (non-hydrogen) atoms. The minimum atomic E-state index is 0.931. The quantitative estimate of drug-likeness (QED) is 0.165. The van der Waals surface area contributed by atoms with E-state index in [4.69, 9.17) is 4.98 Å². The number of thiol groups is 1. The van der Waals surface area contributed by atoms with Crippen LogP contribution in [0.3, 0.4) is 0 Å². The molecule has 0 bridgehead atoms. The van der Waals surface area contributed by atoms with Gasteiger partial charge in [0.15, 0.2) is 0 Å². The molecule has 0 aliphatic heterocycles. The maximum absolute atomic E-state index is 5.23. The van der Waals surface area contributed by atoms with E-state index in [9.17, 15) is 0 Å². The first-order chi connectivity index (χ1) is 20.2. The molecule has 3 aromatic carbocycles. The van der Waals surface area contributed by atoms with Gasteiger partial charge >= 0.3 is 0 Å². The van der Waals surface area contributed by atoms with Crippen molar-refractivity contribution in [3.8, 4) is 16.9 Å². The average Bonchev–Trinajstić information content (AvgIpc) is 3.56. The maximum Gasteiger partial charge on any atom is 0.125 e. The number of fused-ring (bicyclic) bond motifs is 6. The van der Waals surface area contributed by atoms with Crippen molar-refractivity contribution in [1.82, 2.24) is 14.5 Å². The third-order valence-electron chi connectivity index (χ3n) is 7.18. The van der Waals surface area contributed by atoms with E-state index in [2.05, 4.69) is 125 Å². The third-order valence-corrected chi connectivity index (χ3v) is 8.26. The number of pyridine rings is 2. The molecule has 4 aromatic heterocycles. The second kappa shape index (κ2) is 11.7. The van der Waals surface area contributed by atoms with Crippen molar-refractivity contribution in [3.63, 3.8) is 0 Å². The highest BCUT2D eigenvalue weighted by atomic mass is 32.1. The van der Waals surface area contributed by atoms with Crippen LogP contribution in [0.1, 0.15) is 18.9 Å². The topological polar surface area (TPSA) is 43.1 Å². The van der Waals surface area contributed by atoms with E-state index >= 15 is 0 Å². The predicted octanol–water partition coefficient (Wildman–Crippen LogP) is 9.54. The van der Waals surface area contributed by atoms with Crippen LogP contribution in [0.4, 0.5) is 0 Å². The van der Waals surface area contributed by atoms with E-state index in [-0.39, 0.29) is 0 Å². The van der Waals surface area contributed by atoms with Crippen LogP contribution >= 0.6 is 24.0 Å². The maximum atomic E-state index is 5.23. The number of nitrogens with zero attached hydrogens (tertiary/aromatic N) is 4. The highest BCUT2D eigenvalue weighted by Gasteiger charge is 2.18. The number of rotatable bonds is 5. The number of aromatic nitrogens is 3. The van der Waals surface area contributed by atoms with Gasteiger partial charge in [-0.25, -0.2) is 4.98 Å². The standard InChI is InChI=1S/C34H26N4S.CH4S/c1-3-4-13-28(35-2)22-18-23(29-14-9-10-17-36-29)20-24(19-22)38-30-15-7-5-12-26(30)33-31(38)21-27-25-11-6-8-16-32(25)39-34(27)37-33;1-2/h4-21H,3H2,1-2H3;2H,1H3/b13-4-,35-28?;. The minimum absolute atomic E-state index is 0.931. The molecular formula is C35H30N4S2. The molecule has 6 heteroatoms. The zero-order chi connectivity index (χ0) is 28.3. The van der Waals surface area contributed by atoms with E-state index in [1.165, 1.54) is 15.5 Å². The second-order valence-corrected chi connectivity index (χ2v) is 10.6. The Labute approximate surface area is 249 Å². The second-order valence-electron chi connectivity index (χ2n) is 9.56. The summed E-state index contributed by atoms with van der Waals surface area (Å²) in [6.45, 7) is 2.14. The van der Waals surface area contributed by atoms with E-state index in [1.54, 1.807) is 17.6 Å². The van der Waals surface area contributed by atoms with Crippen LogP contribution in [0, 0.1) is 0 Å². The highest BCUT2D eigenvalue weighted by Crippen LogP contribution is 2.39.